The van der Waals surface area contributed by atoms with Gasteiger partial charge in [-0.15, -0.1) is 35.3 Å². The SMILES string of the molecule is CCNC(=NCc1ccccc1OC(F)F)NCCC(=O)N1CCc2sccc2C1.I. The second kappa shape index (κ2) is 12.8. The quantitative estimate of drug-likeness (QED) is 0.289. The average molecular weight is 564 g/mol. The van der Waals surface area contributed by atoms with Gasteiger partial charge in [-0.3, -0.25) is 4.79 Å². The standard InChI is InChI=1S/C21H26F2N4O2S.HI/c1-2-24-21(26-13-15-5-3-4-6-17(15)29-20(22)23)25-10-7-19(28)27-11-8-18-16(14-27)9-12-30-18;/h3-6,9,12,20H,2,7-8,10-11,13-14H2,1H3,(H2,24,25,26);1H. The van der Waals surface area contributed by atoms with Crippen LogP contribution in [0, 0.1) is 0 Å². The number of nitrogens with zero attached hydrogens (tertiary/aromatic N) is 2. The van der Waals surface area contributed by atoms with Crippen LogP contribution < -0.4 is 15.4 Å². The number of hydrogen-bond acceptors (Lipinski definition) is 4. The highest BCUT2D eigenvalue weighted by Crippen LogP contribution is 2.24. The third-order valence-corrected chi connectivity index (χ3v) is 5.76. The Morgan fingerprint density at radius 3 is 2.87 bits per heavy atom. The van der Waals surface area contributed by atoms with Gasteiger partial charge in [0.2, 0.25) is 5.91 Å². The number of halogens is 3. The number of fused-ring (bicyclic) bond motifs is 1. The number of carbonyl (C=O) groups excluding carboxylic acids is 1. The van der Waals surface area contributed by atoms with Crippen LogP contribution in [0.3, 0.4) is 0 Å². The Morgan fingerprint density at radius 1 is 1.29 bits per heavy atom. The summed E-state index contributed by atoms with van der Waals surface area (Å²) >= 11 is 1.75. The Bertz CT molecular complexity index is 879. The molecule has 0 saturated carbocycles. The minimum Gasteiger partial charge on any atom is -0.434 e. The topological polar surface area (TPSA) is 66.0 Å². The van der Waals surface area contributed by atoms with Crippen molar-refractivity contribution in [2.45, 2.75) is 39.5 Å². The predicted molar refractivity (Wildman–Crippen MR) is 129 cm³/mol. The van der Waals surface area contributed by atoms with Gasteiger partial charge in [0.1, 0.15) is 5.75 Å². The minimum absolute atomic E-state index is 0. The van der Waals surface area contributed by atoms with Crippen LogP contribution in [-0.2, 0) is 24.3 Å². The molecule has 0 aliphatic carbocycles. The number of aliphatic imine (C=N–C) groups is 1. The van der Waals surface area contributed by atoms with E-state index >= 15 is 0 Å². The number of ether oxygens (including phenoxy) is 1. The molecule has 10 heteroatoms. The highest BCUT2D eigenvalue weighted by molar-refractivity contribution is 14.0. The molecular formula is C21H27F2IN4O2S. The zero-order valence-corrected chi connectivity index (χ0v) is 20.4. The summed E-state index contributed by atoms with van der Waals surface area (Å²) in [5.74, 6) is 0.738. The molecule has 31 heavy (non-hydrogen) atoms. The van der Waals surface area contributed by atoms with Crippen molar-refractivity contribution < 1.29 is 18.3 Å². The number of benzene rings is 1. The first-order valence-electron chi connectivity index (χ1n) is 9.94. The number of para-hydroxylation sites is 1. The smallest absolute Gasteiger partial charge is 0.387 e. The van der Waals surface area contributed by atoms with Gasteiger partial charge in [-0.1, -0.05) is 18.2 Å². The van der Waals surface area contributed by atoms with E-state index in [0.29, 0.717) is 37.6 Å². The summed E-state index contributed by atoms with van der Waals surface area (Å²) in [6.45, 7) is 1.73. The molecule has 0 atom stereocenters. The molecule has 0 saturated heterocycles. The van der Waals surface area contributed by atoms with E-state index in [1.54, 1.807) is 29.5 Å². The fourth-order valence-corrected chi connectivity index (χ4v) is 4.15. The molecule has 0 bridgehead atoms. The van der Waals surface area contributed by atoms with E-state index in [-0.39, 0.29) is 42.2 Å². The lowest BCUT2D eigenvalue weighted by atomic mass is 10.1. The van der Waals surface area contributed by atoms with Gasteiger partial charge in [0.15, 0.2) is 5.96 Å². The monoisotopic (exact) mass is 564 g/mol. The van der Waals surface area contributed by atoms with Crippen LogP contribution in [0.2, 0.25) is 0 Å². The number of rotatable bonds is 8. The molecule has 2 heterocycles. The number of amides is 1. The van der Waals surface area contributed by atoms with Crippen molar-refractivity contribution in [3.8, 4) is 5.75 Å². The first-order valence-corrected chi connectivity index (χ1v) is 10.8. The first-order chi connectivity index (χ1) is 14.6. The molecule has 6 nitrogen and oxygen atoms in total. The van der Waals surface area contributed by atoms with E-state index in [4.69, 9.17) is 0 Å². The maximum Gasteiger partial charge on any atom is 0.387 e. The summed E-state index contributed by atoms with van der Waals surface area (Å²) in [4.78, 5) is 20.2. The Balaban J connectivity index is 0.00000341. The summed E-state index contributed by atoms with van der Waals surface area (Å²) in [5, 5.41) is 8.32. The molecule has 0 unspecified atom stereocenters. The van der Waals surface area contributed by atoms with Crippen molar-refractivity contribution in [3.05, 3.63) is 51.7 Å². The number of guanidine groups is 1. The fraction of sp³-hybridized carbons (Fsp3) is 0.429. The highest BCUT2D eigenvalue weighted by Gasteiger charge is 2.21. The molecule has 1 aliphatic heterocycles. The lowest BCUT2D eigenvalue weighted by molar-refractivity contribution is -0.131. The molecule has 1 aromatic heterocycles. The van der Waals surface area contributed by atoms with Crippen LogP contribution in [0.25, 0.3) is 0 Å². The molecule has 0 radical (unpaired) electrons. The second-order valence-electron chi connectivity index (χ2n) is 6.79. The van der Waals surface area contributed by atoms with Gasteiger partial charge in [-0.2, -0.15) is 8.78 Å². The van der Waals surface area contributed by atoms with Gasteiger partial charge in [0.25, 0.3) is 0 Å². The number of thiophene rings is 1. The molecule has 3 rings (SSSR count). The fourth-order valence-electron chi connectivity index (χ4n) is 3.26. The number of carbonyl (C=O) groups is 1. The zero-order valence-electron chi connectivity index (χ0n) is 17.3. The van der Waals surface area contributed by atoms with Crippen LogP contribution in [-0.4, -0.2) is 43.0 Å². The molecule has 2 N–H and O–H groups in total. The maximum absolute atomic E-state index is 12.6. The van der Waals surface area contributed by atoms with E-state index in [1.165, 1.54) is 16.5 Å². The summed E-state index contributed by atoms with van der Waals surface area (Å²) < 4.78 is 29.7. The lowest BCUT2D eigenvalue weighted by Crippen LogP contribution is -2.41. The number of hydrogen-bond donors (Lipinski definition) is 2. The van der Waals surface area contributed by atoms with Gasteiger partial charge in [-0.25, -0.2) is 4.99 Å². The van der Waals surface area contributed by atoms with Crippen molar-refractivity contribution in [2.75, 3.05) is 19.6 Å². The summed E-state index contributed by atoms with van der Waals surface area (Å²) in [6, 6.07) is 8.67. The average Bonchev–Trinajstić information content (AvgIpc) is 3.20. The third-order valence-electron chi connectivity index (χ3n) is 4.73. The maximum atomic E-state index is 12.6. The Kier molecular flexibility index (Phi) is 10.4. The third kappa shape index (κ3) is 7.60. The highest BCUT2D eigenvalue weighted by atomic mass is 127. The van der Waals surface area contributed by atoms with Gasteiger partial charge >= 0.3 is 6.61 Å². The van der Waals surface area contributed by atoms with E-state index < -0.39 is 6.61 Å². The molecule has 2 aromatic rings. The molecule has 1 aliphatic rings. The van der Waals surface area contributed by atoms with E-state index in [0.717, 1.165) is 13.0 Å². The molecule has 1 aromatic carbocycles. The number of alkyl halides is 2. The van der Waals surface area contributed by atoms with Gasteiger partial charge < -0.3 is 20.3 Å². The zero-order chi connectivity index (χ0) is 21.3. The molecular weight excluding hydrogens is 537 g/mol. The number of nitrogens with one attached hydrogen (secondary N) is 2. The van der Waals surface area contributed by atoms with Crippen molar-refractivity contribution in [2.24, 2.45) is 4.99 Å². The van der Waals surface area contributed by atoms with Crippen molar-refractivity contribution in [1.29, 1.82) is 0 Å². The van der Waals surface area contributed by atoms with E-state index in [1.807, 2.05) is 11.8 Å². The molecule has 0 fully saturated rings. The van der Waals surface area contributed by atoms with Crippen molar-refractivity contribution >= 4 is 47.2 Å². The largest absolute Gasteiger partial charge is 0.434 e. The Morgan fingerprint density at radius 2 is 2.10 bits per heavy atom. The van der Waals surface area contributed by atoms with Crippen LogP contribution in [0.4, 0.5) is 8.78 Å². The normalized spacial score (nSPS) is 13.4. The van der Waals surface area contributed by atoms with Crippen LogP contribution in [0.5, 0.6) is 5.75 Å². The summed E-state index contributed by atoms with van der Waals surface area (Å²) in [6.07, 6.45) is 1.27. The van der Waals surface area contributed by atoms with E-state index in [2.05, 4.69) is 31.8 Å². The van der Waals surface area contributed by atoms with Gasteiger partial charge in [0, 0.05) is 43.0 Å². The van der Waals surface area contributed by atoms with Crippen molar-refractivity contribution in [1.82, 2.24) is 15.5 Å². The first kappa shape index (κ1) is 25.3. The van der Waals surface area contributed by atoms with Crippen molar-refractivity contribution in [3.63, 3.8) is 0 Å². The Labute approximate surface area is 202 Å². The lowest BCUT2D eigenvalue weighted by Gasteiger charge is -2.27. The van der Waals surface area contributed by atoms with E-state index in [9.17, 15) is 13.6 Å². The van der Waals surface area contributed by atoms with Gasteiger partial charge in [-0.05, 0) is 36.4 Å². The molecule has 170 valence electrons. The summed E-state index contributed by atoms with van der Waals surface area (Å²) in [7, 11) is 0. The predicted octanol–water partition coefficient (Wildman–Crippen LogP) is 4.00. The Hall–Kier alpha value is -1.95. The minimum atomic E-state index is -2.88. The second-order valence-corrected chi connectivity index (χ2v) is 7.79. The van der Waals surface area contributed by atoms with Crippen LogP contribution in [0.1, 0.15) is 29.3 Å². The molecule has 1 amide bonds. The van der Waals surface area contributed by atoms with Crippen LogP contribution >= 0.6 is 35.3 Å². The molecule has 0 spiro atoms. The summed E-state index contributed by atoms with van der Waals surface area (Å²) in [5.41, 5.74) is 1.80. The van der Waals surface area contributed by atoms with Crippen LogP contribution in [0.15, 0.2) is 40.7 Å². The van der Waals surface area contributed by atoms with Gasteiger partial charge in [0.05, 0.1) is 6.54 Å².